The molecule has 1 aliphatic rings. The van der Waals surface area contributed by atoms with Crippen LogP contribution in [0.2, 0.25) is 0 Å². The lowest BCUT2D eigenvalue weighted by molar-refractivity contribution is -0.135. The molecule has 21 heavy (non-hydrogen) atoms. The summed E-state index contributed by atoms with van der Waals surface area (Å²) in [4.78, 5) is 25.6. The molecule has 0 atom stereocenters. The van der Waals surface area contributed by atoms with Crippen LogP contribution in [0.3, 0.4) is 0 Å². The number of hydrogen-bond acceptors (Lipinski definition) is 4. The first-order valence-electron chi connectivity index (χ1n) is 6.84. The summed E-state index contributed by atoms with van der Waals surface area (Å²) in [5.41, 5.74) is -1.27. The van der Waals surface area contributed by atoms with Crippen LogP contribution in [0.1, 0.15) is 23.2 Å². The third kappa shape index (κ3) is 3.79. The number of halogens is 1. The molecule has 0 unspecified atom stereocenters. The number of carbonyl (C=O) groups is 2. The van der Waals surface area contributed by atoms with Crippen LogP contribution in [0.5, 0.6) is 0 Å². The van der Waals surface area contributed by atoms with Crippen LogP contribution in [0, 0.1) is 0 Å². The fourth-order valence-electron chi connectivity index (χ4n) is 2.29. The summed E-state index contributed by atoms with van der Waals surface area (Å²) >= 11 is 1.45. The van der Waals surface area contributed by atoms with Crippen LogP contribution >= 0.6 is 11.3 Å². The largest absolute Gasteiger partial charge is 0.383 e. The molecule has 1 aromatic rings. The van der Waals surface area contributed by atoms with Gasteiger partial charge in [-0.1, -0.05) is 0 Å². The van der Waals surface area contributed by atoms with Gasteiger partial charge < -0.3 is 15.0 Å². The number of nitrogens with zero attached hydrogens (tertiary/aromatic N) is 1. The predicted octanol–water partition coefficient (Wildman–Crippen LogP) is 1.45. The van der Waals surface area contributed by atoms with Crippen molar-refractivity contribution in [2.24, 2.45) is 0 Å². The number of alkyl halides is 1. The Morgan fingerprint density at radius 2 is 2.19 bits per heavy atom. The fourth-order valence-corrected chi connectivity index (χ4v) is 2.91. The minimum absolute atomic E-state index is 0.0295. The van der Waals surface area contributed by atoms with Crippen molar-refractivity contribution in [3.8, 4) is 0 Å². The van der Waals surface area contributed by atoms with Crippen LogP contribution in [0.15, 0.2) is 16.8 Å². The Balaban J connectivity index is 1.87. The van der Waals surface area contributed by atoms with E-state index in [4.69, 9.17) is 4.74 Å². The summed E-state index contributed by atoms with van der Waals surface area (Å²) in [6, 6.07) is 1.75. The Bertz CT molecular complexity index is 484. The Morgan fingerprint density at radius 3 is 2.76 bits per heavy atom. The maximum Gasteiger partial charge on any atom is 0.257 e. The number of piperidine rings is 1. The smallest absolute Gasteiger partial charge is 0.257 e. The maximum absolute atomic E-state index is 14.6. The number of nitrogens with one attached hydrogen (secondary N) is 1. The number of likely N-dealkylation sites (tertiary alicyclic amines) is 1. The van der Waals surface area contributed by atoms with Gasteiger partial charge in [-0.3, -0.25) is 9.59 Å². The summed E-state index contributed by atoms with van der Waals surface area (Å²) in [6.45, 7) is 1.15. The van der Waals surface area contributed by atoms with Gasteiger partial charge in [0.15, 0.2) is 5.67 Å². The zero-order valence-corrected chi connectivity index (χ0v) is 12.7. The highest BCUT2D eigenvalue weighted by molar-refractivity contribution is 7.08. The van der Waals surface area contributed by atoms with Crippen molar-refractivity contribution < 1.29 is 18.7 Å². The average molecular weight is 314 g/mol. The first-order chi connectivity index (χ1) is 10.1. The second kappa shape index (κ2) is 7.00. The van der Waals surface area contributed by atoms with E-state index in [1.54, 1.807) is 16.3 Å². The zero-order chi connectivity index (χ0) is 15.3. The first-order valence-corrected chi connectivity index (χ1v) is 7.79. The molecule has 1 N–H and O–H groups in total. The zero-order valence-electron chi connectivity index (χ0n) is 11.9. The molecule has 1 fully saturated rings. The molecule has 5 nitrogen and oxygen atoms in total. The van der Waals surface area contributed by atoms with E-state index in [0.717, 1.165) is 0 Å². The molecule has 0 radical (unpaired) electrons. The third-order valence-corrected chi connectivity index (χ3v) is 4.29. The molecule has 1 saturated heterocycles. The lowest BCUT2D eigenvalue weighted by atomic mass is 9.92. The summed E-state index contributed by atoms with van der Waals surface area (Å²) in [6.07, 6.45) is 0.0589. The summed E-state index contributed by atoms with van der Waals surface area (Å²) in [5, 5.41) is 6.13. The SMILES string of the molecule is COCCNC(=O)C1(F)CCN(C(=O)c2ccsc2)CC1. The number of methoxy groups -OCH3 is 1. The quantitative estimate of drug-likeness (QED) is 0.837. The Kier molecular flexibility index (Phi) is 5.30. The van der Waals surface area contributed by atoms with Gasteiger partial charge in [-0.2, -0.15) is 11.3 Å². The topological polar surface area (TPSA) is 58.6 Å². The molecule has 0 spiro atoms. The molecule has 0 aliphatic carbocycles. The van der Waals surface area contributed by atoms with Crippen molar-refractivity contribution in [2.75, 3.05) is 33.4 Å². The van der Waals surface area contributed by atoms with Crippen molar-refractivity contribution in [1.29, 1.82) is 0 Å². The summed E-state index contributed by atoms with van der Waals surface area (Å²) < 4.78 is 19.4. The van der Waals surface area contributed by atoms with Crippen molar-refractivity contribution >= 4 is 23.2 Å². The minimum Gasteiger partial charge on any atom is -0.383 e. The Labute approximate surface area is 127 Å². The first kappa shape index (κ1) is 15.9. The minimum atomic E-state index is -1.89. The van der Waals surface area contributed by atoms with Gasteiger partial charge in [0.05, 0.1) is 12.2 Å². The number of hydrogen-bond donors (Lipinski definition) is 1. The monoisotopic (exact) mass is 314 g/mol. The highest BCUT2D eigenvalue weighted by Crippen LogP contribution is 2.27. The van der Waals surface area contributed by atoms with Crippen LogP contribution in [0.4, 0.5) is 4.39 Å². The van der Waals surface area contributed by atoms with Gasteiger partial charge in [-0.15, -0.1) is 0 Å². The molecule has 2 rings (SSSR count). The number of amides is 2. The highest BCUT2D eigenvalue weighted by Gasteiger charge is 2.42. The van der Waals surface area contributed by atoms with Crippen molar-refractivity contribution in [3.63, 3.8) is 0 Å². The van der Waals surface area contributed by atoms with Crippen LogP contribution in [-0.2, 0) is 9.53 Å². The molecule has 2 amide bonds. The van der Waals surface area contributed by atoms with Crippen LogP contribution < -0.4 is 5.32 Å². The molecule has 1 aliphatic heterocycles. The fraction of sp³-hybridized carbons (Fsp3) is 0.571. The van der Waals surface area contributed by atoms with Gasteiger partial charge in [0.1, 0.15) is 0 Å². The lowest BCUT2D eigenvalue weighted by Gasteiger charge is -2.35. The van der Waals surface area contributed by atoms with Gasteiger partial charge in [-0.25, -0.2) is 4.39 Å². The van der Waals surface area contributed by atoms with E-state index in [-0.39, 0.29) is 31.8 Å². The van der Waals surface area contributed by atoms with Crippen molar-refractivity contribution in [2.45, 2.75) is 18.5 Å². The number of thiophene rings is 1. The third-order valence-electron chi connectivity index (χ3n) is 3.61. The van der Waals surface area contributed by atoms with E-state index in [2.05, 4.69) is 5.32 Å². The molecular formula is C14H19FN2O3S. The number of ether oxygens (including phenoxy) is 1. The van der Waals surface area contributed by atoms with Gasteiger partial charge in [0.25, 0.3) is 11.8 Å². The van der Waals surface area contributed by atoms with Crippen molar-refractivity contribution in [1.82, 2.24) is 10.2 Å². The lowest BCUT2D eigenvalue weighted by Crippen LogP contribution is -2.52. The van der Waals surface area contributed by atoms with E-state index in [1.165, 1.54) is 18.4 Å². The van der Waals surface area contributed by atoms with Gasteiger partial charge in [0, 0.05) is 45.0 Å². The molecule has 0 bridgehead atoms. The van der Waals surface area contributed by atoms with E-state index in [0.29, 0.717) is 18.7 Å². The summed E-state index contributed by atoms with van der Waals surface area (Å²) in [5.74, 6) is -0.708. The second-order valence-electron chi connectivity index (χ2n) is 5.02. The van der Waals surface area contributed by atoms with Crippen LogP contribution in [0.25, 0.3) is 0 Å². The predicted molar refractivity (Wildman–Crippen MR) is 78.2 cm³/mol. The molecular weight excluding hydrogens is 295 g/mol. The average Bonchev–Trinajstić information content (AvgIpc) is 3.01. The standard InChI is InChI=1S/C14H19FN2O3S/c1-20-8-5-16-13(19)14(15)3-6-17(7-4-14)12(18)11-2-9-21-10-11/h2,9-10H,3-8H2,1H3,(H,16,19). The van der Waals surface area contributed by atoms with E-state index in [9.17, 15) is 14.0 Å². The highest BCUT2D eigenvalue weighted by atomic mass is 32.1. The maximum atomic E-state index is 14.6. The molecule has 7 heteroatoms. The molecule has 0 saturated carbocycles. The molecule has 116 valence electrons. The molecule has 1 aromatic heterocycles. The second-order valence-corrected chi connectivity index (χ2v) is 5.80. The van der Waals surface area contributed by atoms with Gasteiger partial charge in [0.2, 0.25) is 0 Å². The summed E-state index contributed by atoms with van der Waals surface area (Å²) in [7, 11) is 1.52. The van der Waals surface area contributed by atoms with Gasteiger partial charge in [-0.05, 0) is 11.4 Å². The Hall–Kier alpha value is -1.47. The molecule has 2 heterocycles. The van der Waals surface area contributed by atoms with Gasteiger partial charge >= 0.3 is 0 Å². The molecule has 0 aromatic carbocycles. The number of rotatable bonds is 5. The van der Waals surface area contributed by atoms with E-state index in [1.807, 2.05) is 5.38 Å². The normalized spacial score (nSPS) is 17.5. The van der Waals surface area contributed by atoms with Crippen LogP contribution in [-0.4, -0.2) is 55.7 Å². The van der Waals surface area contributed by atoms with E-state index >= 15 is 0 Å². The Morgan fingerprint density at radius 1 is 1.48 bits per heavy atom. The van der Waals surface area contributed by atoms with Crippen molar-refractivity contribution in [3.05, 3.63) is 22.4 Å². The number of carbonyl (C=O) groups excluding carboxylic acids is 2. The van der Waals surface area contributed by atoms with E-state index < -0.39 is 11.6 Å².